The number of oxime groups is 1. The zero-order chi connectivity index (χ0) is 26.2. The molecule has 1 aliphatic heterocycles. The molecule has 9 nitrogen and oxygen atoms in total. The Kier molecular flexibility index (Phi) is 6.78. The van der Waals surface area contributed by atoms with Gasteiger partial charge < -0.3 is 24.8 Å². The highest BCUT2D eigenvalue weighted by Crippen LogP contribution is 2.38. The molecule has 0 amide bonds. The van der Waals surface area contributed by atoms with Crippen molar-refractivity contribution >= 4 is 11.7 Å². The fourth-order valence-electron chi connectivity index (χ4n) is 4.95. The highest BCUT2D eigenvalue weighted by atomic mass is 19.1. The molecule has 1 saturated heterocycles. The van der Waals surface area contributed by atoms with Crippen LogP contribution in [0.4, 0.5) is 10.3 Å². The molecule has 0 radical (unpaired) electrons. The summed E-state index contributed by atoms with van der Waals surface area (Å²) in [5, 5.41) is 4.50. The van der Waals surface area contributed by atoms with E-state index in [0.29, 0.717) is 42.3 Å². The number of hydrogen-bond acceptors (Lipinski definition) is 9. The highest BCUT2D eigenvalue weighted by Gasteiger charge is 2.34. The number of aryl methyl sites for hydroxylation is 1. The maximum absolute atomic E-state index is 14.4. The number of methoxy groups -OCH3 is 1. The van der Waals surface area contributed by atoms with E-state index in [9.17, 15) is 4.39 Å². The normalized spacial score (nSPS) is 21.6. The van der Waals surface area contributed by atoms with Crippen molar-refractivity contribution in [3.63, 3.8) is 0 Å². The van der Waals surface area contributed by atoms with Crippen LogP contribution in [0, 0.1) is 12.7 Å². The van der Waals surface area contributed by atoms with Crippen LogP contribution in [0.1, 0.15) is 48.7 Å². The maximum Gasteiger partial charge on any atom is 0.220 e. The third-order valence-corrected chi connectivity index (χ3v) is 6.52. The fourth-order valence-corrected chi connectivity index (χ4v) is 4.95. The van der Waals surface area contributed by atoms with Crippen molar-refractivity contribution < 1.29 is 23.4 Å². The van der Waals surface area contributed by atoms with Crippen molar-refractivity contribution in [1.82, 2.24) is 15.0 Å². The lowest BCUT2D eigenvalue weighted by Gasteiger charge is -2.28. The second-order valence-electron chi connectivity index (χ2n) is 9.68. The predicted octanol–water partition coefficient (Wildman–Crippen LogP) is 4.18. The minimum Gasteiger partial charge on any atom is -0.481 e. The first-order valence-electron chi connectivity index (χ1n) is 12.2. The smallest absolute Gasteiger partial charge is 0.220 e. The lowest BCUT2D eigenvalue weighted by Crippen LogP contribution is -2.25. The molecule has 1 aliphatic carbocycles. The molecule has 0 bridgehead atoms. The van der Waals surface area contributed by atoms with E-state index >= 15 is 0 Å². The molecule has 2 aliphatic rings. The van der Waals surface area contributed by atoms with E-state index in [-0.39, 0.29) is 30.4 Å². The largest absolute Gasteiger partial charge is 0.481 e. The van der Waals surface area contributed by atoms with Gasteiger partial charge in [-0.2, -0.15) is 0 Å². The van der Waals surface area contributed by atoms with Crippen molar-refractivity contribution in [2.45, 2.75) is 51.4 Å². The topological polar surface area (TPSA) is 114 Å². The van der Waals surface area contributed by atoms with E-state index < -0.39 is 5.79 Å². The summed E-state index contributed by atoms with van der Waals surface area (Å²) in [6.07, 6.45) is 0.903. The zero-order valence-corrected chi connectivity index (χ0v) is 21.3. The molecule has 3 heterocycles. The Morgan fingerprint density at radius 2 is 2.00 bits per heavy atom. The molecule has 0 saturated carbocycles. The monoisotopic (exact) mass is 507 g/mol. The number of halogens is 1. The number of pyridine rings is 1. The van der Waals surface area contributed by atoms with Gasteiger partial charge in [0.2, 0.25) is 11.8 Å². The van der Waals surface area contributed by atoms with E-state index in [1.165, 1.54) is 12.1 Å². The molecule has 10 heteroatoms. The Bertz CT molecular complexity index is 1350. The number of hydrogen-bond donors (Lipinski definition) is 1. The summed E-state index contributed by atoms with van der Waals surface area (Å²) in [6, 6.07) is 10.2. The maximum atomic E-state index is 14.4. The van der Waals surface area contributed by atoms with E-state index in [1.54, 1.807) is 19.2 Å². The van der Waals surface area contributed by atoms with Gasteiger partial charge in [0.15, 0.2) is 5.79 Å². The summed E-state index contributed by atoms with van der Waals surface area (Å²) in [6.45, 7) is 6.29. The van der Waals surface area contributed by atoms with Crippen LogP contribution in [0.3, 0.4) is 0 Å². The highest BCUT2D eigenvalue weighted by molar-refractivity contribution is 6.03. The van der Waals surface area contributed by atoms with Crippen LogP contribution in [-0.2, 0) is 20.7 Å². The third kappa shape index (κ3) is 5.40. The Morgan fingerprint density at radius 1 is 1.16 bits per heavy atom. The van der Waals surface area contributed by atoms with Gasteiger partial charge in [0.1, 0.15) is 18.5 Å². The molecule has 5 rings (SSSR count). The van der Waals surface area contributed by atoms with Crippen molar-refractivity contribution in [2.24, 2.45) is 5.16 Å². The number of anilines is 1. The summed E-state index contributed by atoms with van der Waals surface area (Å²) in [7, 11) is 1.55. The number of ether oxygens (including phenoxy) is 3. The number of rotatable bonds is 6. The Morgan fingerprint density at radius 3 is 2.76 bits per heavy atom. The average Bonchev–Trinajstić information content (AvgIpc) is 3.21. The lowest BCUT2D eigenvalue weighted by molar-refractivity contribution is -0.145. The van der Waals surface area contributed by atoms with E-state index in [4.69, 9.17) is 24.8 Å². The van der Waals surface area contributed by atoms with E-state index in [0.717, 1.165) is 22.5 Å². The Labute approximate surface area is 214 Å². The molecule has 2 N–H and O–H groups in total. The molecule has 2 atom stereocenters. The Hall–Kier alpha value is -3.63. The summed E-state index contributed by atoms with van der Waals surface area (Å²) in [5.74, 6) is -0.406. The zero-order valence-electron chi connectivity index (χ0n) is 21.3. The molecule has 1 aromatic carbocycles. The Balaban J connectivity index is 1.50. The van der Waals surface area contributed by atoms with Crippen molar-refractivity contribution in [3.05, 3.63) is 64.7 Å². The van der Waals surface area contributed by atoms with Crippen LogP contribution in [-0.4, -0.2) is 52.9 Å². The van der Waals surface area contributed by atoms with Crippen molar-refractivity contribution in [1.29, 1.82) is 0 Å². The number of nitrogen functional groups attached to an aromatic ring is 1. The molecule has 1 fully saturated rings. The predicted molar refractivity (Wildman–Crippen MR) is 136 cm³/mol. The van der Waals surface area contributed by atoms with Crippen LogP contribution in [0.25, 0.3) is 11.3 Å². The van der Waals surface area contributed by atoms with Gasteiger partial charge in [0.25, 0.3) is 0 Å². The minimum absolute atomic E-state index is 0.0721. The van der Waals surface area contributed by atoms with Crippen LogP contribution < -0.4 is 10.5 Å². The number of aromatic nitrogens is 3. The number of nitrogens with zero attached hydrogens (tertiary/aromatic N) is 4. The fraction of sp³-hybridized carbons (Fsp3) is 0.407. The third-order valence-electron chi connectivity index (χ3n) is 6.52. The molecule has 1 unspecified atom stereocenters. The van der Waals surface area contributed by atoms with Gasteiger partial charge in [-0.15, -0.1) is 0 Å². The van der Waals surface area contributed by atoms with Gasteiger partial charge in [0.05, 0.1) is 36.5 Å². The van der Waals surface area contributed by atoms with E-state index in [2.05, 4.69) is 20.1 Å². The summed E-state index contributed by atoms with van der Waals surface area (Å²) < 4.78 is 31.1. The average molecular weight is 508 g/mol. The standard InChI is InChI=1S/C27H30FN5O4/c1-15-25-22(32-26(29)30-15)10-16(11-23(25)33-36-14-18-13-35-27(2,3)37-18)19-9-8-17(28)12-20(19)21-6-5-7-24(31-21)34-4/h5-9,12,16,18H,10-11,13-14H2,1-4H3,(H2,29,30,32)/b33-23+/t16?,18-/m1/s1. The minimum atomic E-state index is -0.640. The molecule has 3 aromatic rings. The van der Waals surface area contributed by atoms with Gasteiger partial charge >= 0.3 is 0 Å². The van der Waals surface area contributed by atoms with Crippen LogP contribution in [0.15, 0.2) is 41.6 Å². The van der Waals surface area contributed by atoms with E-state index in [1.807, 2.05) is 32.9 Å². The number of nitrogens with two attached hydrogens (primary N) is 1. The first kappa shape index (κ1) is 25.0. The first-order chi connectivity index (χ1) is 17.7. The lowest BCUT2D eigenvalue weighted by atomic mass is 9.79. The van der Waals surface area contributed by atoms with Gasteiger partial charge in [0, 0.05) is 23.6 Å². The first-order valence-corrected chi connectivity index (χ1v) is 12.2. The van der Waals surface area contributed by atoms with Crippen LogP contribution in [0.2, 0.25) is 0 Å². The second kappa shape index (κ2) is 10.0. The van der Waals surface area contributed by atoms with Crippen LogP contribution in [0.5, 0.6) is 5.88 Å². The summed E-state index contributed by atoms with van der Waals surface area (Å²) in [5.41, 5.74) is 11.3. The van der Waals surface area contributed by atoms with Gasteiger partial charge in [-0.3, -0.25) is 0 Å². The molecule has 0 spiro atoms. The molecule has 37 heavy (non-hydrogen) atoms. The van der Waals surface area contributed by atoms with Gasteiger partial charge in [-0.25, -0.2) is 19.3 Å². The second-order valence-corrected chi connectivity index (χ2v) is 9.68. The number of benzene rings is 1. The van der Waals surface area contributed by atoms with Gasteiger partial charge in [-0.05, 0) is 56.9 Å². The summed E-state index contributed by atoms with van der Waals surface area (Å²) in [4.78, 5) is 19.2. The molecule has 2 aromatic heterocycles. The van der Waals surface area contributed by atoms with Crippen molar-refractivity contribution in [2.75, 3.05) is 26.1 Å². The number of fused-ring (bicyclic) bond motifs is 1. The summed E-state index contributed by atoms with van der Waals surface area (Å²) >= 11 is 0. The molecular formula is C27H30FN5O4. The molecule has 194 valence electrons. The van der Waals surface area contributed by atoms with Crippen LogP contribution >= 0.6 is 0 Å². The van der Waals surface area contributed by atoms with Crippen molar-refractivity contribution in [3.8, 4) is 17.1 Å². The SMILES string of the molecule is COc1cccc(-c2cc(F)ccc2C2C/C(=N\OC[C@H]3COC(C)(C)O3)c3c(C)nc(N)nc3C2)n1. The van der Waals surface area contributed by atoms with Gasteiger partial charge in [-0.1, -0.05) is 17.3 Å². The molecular weight excluding hydrogens is 477 g/mol. The quantitative estimate of drug-likeness (QED) is 0.495.